The van der Waals surface area contributed by atoms with Crippen LogP contribution in [0.25, 0.3) is 10.9 Å². The average molecular weight is 460 g/mol. The number of aromatic amines is 1. The molecule has 0 aliphatic carbocycles. The first-order valence-electron chi connectivity index (χ1n) is 11.8. The summed E-state index contributed by atoms with van der Waals surface area (Å²) in [5, 5.41) is 13.4. The van der Waals surface area contributed by atoms with Crippen molar-refractivity contribution in [3.63, 3.8) is 0 Å². The fraction of sp³-hybridized carbons (Fsp3) is 0.400. The largest absolute Gasteiger partial charge is 0.376 e. The lowest BCUT2D eigenvalue weighted by atomic mass is 10.1. The molecular weight excluding hydrogens is 430 g/mol. The Bertz CT molecular complexity index is 1300. The lowest BCUT2D eigenvalue weighted by Gasteiger charge is -2.22. The SMILES string of the molecule is CCc1ccc2[nH]c(=O)c(CN(Cc3cccnc3)Cc3nnnn3C[C@H]3CCCO3)cc2c1. The van der Waals surface area contributed by atoms with Gasteiger partial charge in [0.1, 0.15) is 0 Å². The van der Waals surface area contributed by atoms with Crippen LogP contribution in [0, 0.1) is 0 Å². The van der Waals surface area contributed by atoms with E-state index in [0.29, 0.717) is 31.7 Å². The molecule has 1 atom stereocenters. The van der Waals surface area contributed by atoms with Crippen molar-refractivity contribution in [2.45, 2.75) is 58.5 Å². The van der Waals surface area contributed by atoms with E-state index in [0.717, 1.165) is 48.2 Å². The predicted molar refractivity (Wildman–Crippen MR) is 128 cm³/mol. The minimum atomic E-state index is -0.0770. The minimum Gasteiger partial charge on any atom is -0.376 e. The topological polar surface area (TPSA) is 102 Å². The molecule has 34 heavy (non-hydrogen) atoms. The summed E-state index contributed by atoms with van der Waals surface area (Å²) in [7, 11) is 0. The van der Waals surface area contributed by atoms with E-state index in [1.54, 1.807) is 6.20 Å². The van der Waals surface area contributed by atoms with Gasteiger partial charge in [-0.3, -0.25) is 14.7 Å². The van der Waals surface area contributed by atoms with Crippen LogP contribution in [0.5, 0.6) is 0 Å². The van der Waals surface area contributed by atoms with Gasteiger partial charge in [-0.05, 0) is 70.5 Å². The Hall–Kier alpha value is -3.43. The number of nitrogens with one attached hydrogen (secondary N) is 1. The molecule has 5 rings (SSSR count). The first kappa shape index (κ1) is 22.4. The maximum Gasteiger partial charge on any atom is 0.252 e. The van der Waals surface area contributed by atoms with Crippen LogP contribution in [0.4, 0.5) is 0 Å². The van der Waals surface area contributed by atoms with Crippen molar-refractivity contribution in [1.82, 2.24) is 35.1 Å². The van der Waals surface area contributed by atoms with Crippen LogP contribution in [0.1, 0.15) is 42.3 Å². The zero-order valence-electron chi connectivity index (χ0n) is 19.4. The van der Waals surface area contributed by atoms with Crippen molar-refractivity contribution < 1.29 is 4.74 Å². The molecule has 1 saturated heterocycles. The van der Waals surface area contributed by atoms with E-state index < -0.39 is 0 Å². The van der Waals surface area contributed by atoms with E-state index in [1.165, 1.54) is 5.56 Å². The van der Waals surface area contributed by atoms with Gasteiger partial charge in [0, 0.05) is 43.2 Å². The maximum absolute atomic E-state index is 12.9. The number of rotatable bonds is 9. The van der Waals surface area contributed by atoms with Crippen molar-refractivity contribution in [3.05, 3.63) is 81.7 Å². The first-order chi connectivity index (χ1) is 16.7. The Morgan fingerprint density at radius 3 is 2.91 bits per heavy atom. The summed E-state index contributed by atoms with van der Waals surface area (Å²) < 4.78 is 7.59. The van der Waals surface area contributed by atoms with E-state index in [1.807, 2.05) is 35.1 Å². The molecule has 9 nitrogen and oxygen atoms in total. The van der Waals surface area contributed by atoms with Crippen molar-refractivity contribution in [2.24, 2.45) is 0 Å². The molecule has 1 aromatic carbocycles. The van der Waals surface area contributed by atoms with Gasteiger partial charge in [0.2, 0.25) is 0 Å². The number of hydrogen-bond donors (Lipinski definition) is 1. The zero-order valence-corrected chi connectivity index (χ0v) is 19.4. The highest BCUT2D eigenvalue weighted by Gasteiger charge is 2.21. The molecule has 9 heteroatoms. The zero-order chi connectivity index (χ0) is 23.3. The molecule has 0 radical (unpaired) electrons. The van der Waals surface area contributed by atoms with Crippen LogP contribution in [-0.4, -0.2) is 47.8 Å². The van der Waals surface area contributed by atoms with Crippen LogP contribution in [0.3, 0.4) is 0 Å². The Kier molecular flexibility index (Phi) is 6.73. The Morgan fingerprint density at radius 1 is 1.18 bits per heavy atom. The molecule has 1 fully saturated rings. The fourth-order valence-electron chi connectivity index (χ4n) is 4.46. The van der Waals surface area contributed by atoms with Gasteiger partial charge in [-0.15, -0.1) is 5.10 Å². The highest BCUT2D eigenvalue weighted by molar-refractivity contribution is 5.79. The molecule has 4 aromatic rings. The van der Waals surface area contributed by atoms with Crippen LogP contribution in [0.15, 0.2) is 53.6 Å². The van der Waals surface area contributed by atoms with Crippen LogP contribution in [0.2, 0.25) is 0 Å². The van der Waals surface area contributed by atoms with Gasteiger partial charge in [-0.1, -0.05) is 19.1 Å². The maximum atomic E-state index is 12.9. The van der Waals surface area contributed by atoms with Gasteiger partial charge < -0.3 is 9.72 Å². The van der Waals surface area contributed by atoms with Gasteiger partial charge >= 0.3 is 0 Å². The number of H-pyrrole nitrogens is 1. The Balaban J connectivity index is 1.42. The third kappa shape index (κ3) is 5.21. The minimum absolute atomic E-state index is 0.0770. The monoisotopic (exact) mass is 459 g/mol. The highest BCUT2D eigenvalue weighted by atomic mass is 16.5. The lowest BCUT2D eigenvalue weighted by molar-refractivity contribution is 0.0914. The molecular formula is C25H29N7O2. The van der Waals surface area contributed by atoms with Gasteiger partial charge in [-0.2, -0.15) is 0 Å². The summed E-state index contributed by atoms with van der Waals surface area (Å²) in [5.74, 6) is 0.755. The van der Waals surface area contributed by atoms with Gasteiger partial charge in [-0.25, -0.2) is 4.68 Å². The second kappa shape index (κ2) is 10.2. The van der Waals surface area contributed by atoms with Gasteiger partial charge in [0.15, 0.2) is 5.82 Å². The van der Waals surface area contributed by atoms with Crippen molar-refractivity contribution in [2.75, 3.05) is 6.61 Å². The van der Waals surface area contributed by atoms with E-state index in [2.05, 4.69) is 49.4 Å². The fourth-order valence-corrected chi connectivity index (χ4v) is 4.46. The second-order valence-corrected chi connectivity index (χ2v) is 8.82. The summed E-state index contributed by atoms with van der Waals surface area (Å²) in [5.41, 5.74) is 3.79. The number of ether oxygens (including phenoxy) is 1. The van der Waals surface area contributed by atoms with Gasteiger partial charge in [0.05, 0.1) is 19.2 Å². The number of benzene rings is 1. The lowest BCUT2D eigenvalue weighted by Crippen LogP contribution is -2.29. The summed E-state index contributed by atoms with van der Waals surface area (Å²) in [6, 6.07) is 12.1. The molecule has 0 amide bonds. The summed E-state index contributed by atoms with van der Waals surface area (Å²) in [6.07, 6.45) is 6.79. The van der Waals surface area contributed by atoms with E-state index in [9.17, 15) is 4.79 Å². The highest BCUT2D eigenvalue weighted by Crippen LogP contribution is 2.18. The molecule has 0 bridgehead atoms. The van der Waals surface area contributed by atoms with E-state index in [-0.39, 0.29) is 11.7 Å². The standard InChI is InChI=1S/C25H29N7O2/c1-2-18-7-8-23-20(11-18)12-21(25(33)27-23)15-31(14-19-5-3-9-26-13-19)17-24-28-29-30-32(24)16-22-6-4-10-34-22/h3,5,7-9,11-13,22H,2,4,6,10,14-17H2,1H3,(H,27,33)/t22-/m1/s1. The quantitative estimate of drug-likeness (QED) is 0.411. The van der Waals surface area contributed by atoms with Crippen molar-refractivity contribution in [1.29, 1.82) is 0 Å². The van der Waals surface area contributed by atoms with Crippen LogP contribution < -0.4 is 5.56 Å². The number of tetrazole rings is 1. The second-order valence-electron chi connectivity index (χ2n) is 8.82. The third-order valence-corrected chi connectivity index (χ3v) is 6.29. The first-order valence-corrected chi connectivity index (χ1v) is 11.8. The van der Waals surface area contributed by atoms with Crippen LogP contribution in [-0.2, 0) is 37.3 Å². The average Bonchev–Trinajstić information content (AvgIpc) is 3.52. The number of fused-ring (bicyclic) bond motifs is 1. The molecule has 1 N–H and O–H groups in total. The number of hydrogen-bond acceptors (Lipinski definition) is 7. The predicted octanol–water partition coefficient (Wildman–Crippen LogP) is 2.85. The number of pyridine rings is 2. The molecule has 1 aliphatic heterocycles. The van der Waals surface area contributed by atoms with Crippen molar-refractivity contribution in [3.8, 4) is 0 Å². The summed E-state index contributed by atoms with van der Waals surface area (Å²) >= 11 is 0. The van der Waals surface area contributed by atoms with Gasteiger partial charge in [0.25, 0.3) is 5.56 Å². The molecule has 0 spiro atoms. The molecule has 0 unspecified atom stereocenters. The molecule has 4 heterocycles. The normalized spacial score (nSPS) is 16.0. The van der Waals surface area contributed by atoms with E-state index in [4.69, 9.17) is 4.74 Å². The smallest absolute Gasteiger partial charge is 0.252 e. The molecule has 1 aliphatic rings. The summed E-state index contributed by atoms with van der Waals surface area (Å²) in [6.45, 7) is 5.14. The number of aryl methyl sites for hydroxylation is 1. The Labute approximate surface area is 197 Å². The van der Waals surface area contributed by atoms with Crippen molar-refractivity contribution >= 4 is 10.9 Å². The van der Waals surface area contributed by atoms with Crippen LogP contribution >= 0.6 is 0 Å². The molecule has 0 saturated carbocycles. The third-order valence-electron chi connectivity index (χ3n) is 6.29. The summed E-state index contributed by atoms with van der Waals surface area (Å²) in [4.78, 5) is 22.4. The molecule has 3 aromatic heterocycles. The number of aromatic nitrogens is 6. The Morgan fingerprint density at radius 2 is 2.12 bits per heavy atom. The number of nitrogens with zero attached hydrogens (tertiary/aromatic N) is 6. The molecule has 176 valence electrons. The van der Waals surface area contributed by atoms with E-state index >= 15 is 0 Å².